The van der Waals surface area contributed by atoms with E-state index in [4.69, 9.17) is 0 Å². The Labute approximate surface area is 229 Å². The lowest BCUT2D eigenvalue weighted by molar-refractivity contribution is 0.209. The molecule has 0 amide bonds. The van der Waals surface area contributed by atoms with Crippen molar-refractivity contribution < 1.29 is 0 Å². The summed E-state index contributed by atoms with van der Waals surface area (Å²) in [4.78, 5) is 5.64. The van der Waals surface area contributed by atoms with Crippen molar-refractivity contribution >= 4 is 11.4 Å². The van der Waals surface area contributed by atoms with Crippen LogP contribution in [0.4, 0.5) is 11.4 Å². The van der Waals surface area contributed by atoms with Gasteiger partial charge < -0.3 is 9.80 Å². The molecule has 37 heavy (non-hydrogen) atoms. The smallest absolute Gasteiger partial charge is 0.0911 e. The van der Waals surface area contributed by atoms with Crippen molar-refractivity contribution in [3.63, 3.8) is 0 Å². The highest BCUT2D eigenvalue weighted by atomic mass is 15.4. The predicted molar refractivity (Wildman–Crippen MR) is 166 cm³/mol. The molecule has 2 heteroatoms. The summed E-state index contributed by atoms with van der Waals surface area (Å²) in [6.45, 7) is 34.5. The van der Waals surface area contributed by atoms with Gasteiger partial charge in [0.05, 0.1) is 18.8 Å². The molecule has 1 aliphatic heterocycles. The maximum absolute atomic E-state index is 2.82. The molecule has 206 valence electrons. The van der Waals surface area contributed by atoms with E-state index in [0.717, 1.165) is 6.67 Å². The van der Waals surface area contributed by atoms with Crippen molar-refractivity contribution in [3.05, 3.63) is 58.7 Å². The van der Waals surface area contributed by atoms with E-state index in [1.165, 1.54) is 33.6 Å². The maximum atomic E-state index is 2.82. The van der Waals surface area contributed by atoms with Crippen molar-refractivity contribution in [1.82, 2.24) is 0 Å². The Morgan fingerprint density at radius 2 is 0.757 bits per heavy atom. The van der Waals surface area contributed by atoms with Crippen LogP contribution >= 0.6 is 0 Å². The van der Waals surface area contributed by atoms with Gasteiger partial charge in [-0.25, -0.2) is 0 Å². The van der Waals surface area contributed by atoms with E-state index in [9.17, 15) is 0 Å². The van der Waals surface area contributed by atoms with Crippen LogP contribution in [0.5, 0.6) is 0 Å². The lowest BCUT2D eigenvalue weighted by atomic mass is 9.71. The van der Waals surface area contributed by atoms with Gasteiger partial charge in [0.25, 0.3) is 0 Å². The number of hydrogen-bond acceptors (Lipinski definition) is 2. The van der Waals surface area contributed by atoms with Crippen molar-refractivity contribution in [1.29, 1.82) is 0 Å². The number of anilines is 2. The number of para-hydroxylation sites is 2. The van der Waals surface area contributed by atoms with Gasteiger partial charge in [-0.3, -0.25) is 0 Å². The average Bonchev–Trinajstić information content (AvgIpc) is 3.19. The Bertz CT molecular complexity index is 924. The molecular weight excluding hydrogens is 448 g/mol. The molecule has 1 aliphatic rings. The zero-order valence-electron chi connectivity index (χ0n) is 26.5. The van der Waals surface area contributed by atoms with Crippen LogP contribution in [-0.2, 0) is 0 Å². The summed E-state index contributed by atoms with van der Waals surface area (Å²) in [5.41, 5.74) is 9.11. The molecule has 2 nitrogen and oxygen atoms in total. The van der Waals surface area contributed by atoms with Crippen molar-refractivity contribution in [2.45, 2.75) is 133 Å². The van der Waals surface area contributed by atoms with Crippen LogP contribution < -0.4 is 9.80 Å². The number of nitrogens with zero attached hydrogens (tertiary/aromatic N) is 2. The van der Waals surface area contributed by atoms with Crippen LogP contribution in [0.15, 0.2) is 36.4 Å². The Kier molecular flexibility index (Phi) is 8.53. The van der Waals surface area contributed by atoms with Gasteiger partial charge in [0.2, 0.25) is 0 Å². The van der Waals surface area contributed by atoms with Crippen molar-refractivity contribution in [2.24, 2.45) is 10.8 Å². The topological polar surface area (TPSA) is 6.48 Å². The summed E-state index contributed by atoms with van der Waals surface area (Å²) in [5.74, 6) is 1.91. The van der Waals surface area contributed by atoms with Gasteiger partial charge in [0.15, 0.2) is 0 Å². The fourth-order valence-corrected chi connectivity index (χ4v) is 6.67. The molecule has 2 atom stereocenters. The number of hydrogen-bond donors (Lipinski definition) is 0. The SMILES string of the molecule is CC(C)c1cccc(C(C)C)c1N1CN(c2c(C(C)C)cccc2C(C)C)[C@@H](C(C)(C)C)[C@@H]1C(C)(C)C. The van der Waals surface area contributed by atoms with Crippen LogP contribution in [0, 0.1) is 10.8 Å². The lowest BCUT2D eigenvalue weighted by Gasteiger charge is -2.46. The molecule has 3 rings (SSSR count). The van der Waals surface area contributed by atoms with Gasteiger partial charge >= 0.3 is 0 Å². The van der Waals surface area contributed by atoms with E-state index < -0.39 is 0 Å². The summed E-state index contributed by atoms with van der Waals surface area (Å²) in [6, 6.07) is 14.8. The zero-order chi connectivity index (χ0) is 28.0. The van der Waals surface area contributed by atoms with Crippen LogP contribution in [0.25, 0.3) is 0 Å². The molecule has 1 saturated heterocycles. The zero-order valence-corrected chi connectivity index (χ0v) is 26.5. The van der Waals surface area contributed by atoms with Crippen molar-refractivity contribution in [2.75, 3.05) is 16.5 Å². The molecule has 0 bridgehead atoms. The third-order valence-corrected chi connectivity index (χ3v) is 8.31. The van der Waals surface area contributed by atoms with Gasteiger partial charge in [-0.15, -0.1) is 0 Å². The molecular formula is C35H56N2. The molecule has 0 spiro atoms. The Hall–Kier alpha value is -1.96. The molecule has 1 fully saturated rings. The van der Waals surface area contributed by atoms with Crippen LogP contribution in [0.3, 0.4) is 0 Å². The first-order chi connectivity index (χ1) is 17.0. The molecule has 0 saturated carbocycles. The van der Waals surface area contributed by atoms with E-state index in [-0.39, 0.29) is 10.8 Å². The Balaban J connectivity index is 2.41. The van der Waals surface area contributed by atoms with E-state index in [2.05, 4.69) is 143 Å². The second kappa shape index (κ2) is 10.7. The fourth-order valence-electron chi connectivity index (χ4n) is 6.67. The maximum Gasteiger partial charge on any atom is 0.0911 e. The van der Waals surface area contributed by atoms with Gasteiger partial charge in [-0.05, 0) is 56.8 Å². The molecule has 0 aliphatic carbocycles. The number of rotatable bonds is 6. The average molecular weight is 505 g/mol. The lowest BCUT2D eigenvalue weighted by Crippen LogP contribution is -2.53. The van der Waals surface area contributed by atoms with Crippen molar-refractivity contribution in [3.8, 4) is 0 Å². The third-order valence-electron chi connectivity index (χ3n) is 8.31. The minimum absolute atomic E-state index is 0.107. The first kappa shape index (κ1) is 29.6. The Morgan fingerprint density at radius 3 is 0.946 bits per heavy atom. The van der Waals surface area contributed by atoms with Crippen LogP contribution in [0.2, 0.25) is 0 Å². The van der Waals surface area contributed by atoms with Crippen LogP contribution in [0.1, 0.15) is 143 Å². The highest BCUT2D eigenvalue weighted by Gasteiger charge is 2.52. The fraction of sp³-hybridized carbons (Fsp3) is 0.657. The van der Waals surface area contributed by atoms with E-state index in [0.29, 0.717) is 35.8 Å². The third kappa shape index (κ3) is 5.74. The van der Waals surface area contributed by atoms with Gasteiger partial charge in [0, 0.05) is 11.4 Å². The second-order valence-electron chi connectivity index (χ2n) is 14.9. The van der Waals surface area contributed by atoms with E-state index >= 15 is 0 Å². The molecule has 2 aromatic rings. The predicted octanol–water partition coefficient (Wildman–Crippen LogP) is 10.3. The molecule has 2 aromatic carbocycles. The second-order valence-corrected chi connectivity index (χ2v) is 14.9. The highest BCUT2D eigenvalue weighted by molar-refractivity contribution is 5.70. The number of benzene rings is 2. The monoisotopic (exact) mass is 504 g/mol. The summed E-state index contributed by atoms with van der Waals surface area (Å²) >= 11 is 0. The molecule has 0 unspecified atom stereocenters. The van der Waals surface area contributed by atoms with E-state index in [1.54, 1.807) is 0 Å². The molecule has 0 radical (unpaired) electrons. The standard InChI is InChI=1S/C35H56N2/c1-22(2)26-17-15-18-27(23(3)4)30(26)36-21-37(33(35(12,13)14)32(36)34(9,10)11)31-28(24(5)6)19-16-20-29(31)25(7)8/h15-20,22-25,32-33H,21H2,1-14H3/t32-,33-/m1/s1. The summed E-state index contributed by atoms with van der Waals surface area (Å²) in [7, 11) is 0. The molecule has 0 N–H and O–H groups in total. The highest BCUT2D eigenvalue weighted by Crippen LogP contribution is 2.50. The van der Waals surface area contributed by atoms with Gasteiger partial charge in [-0.1, -0.05) is 133 Å². The first-order valence-electron chi connectivity index (χ1n) is 14.8. The minimum atomic E-state index is 0.107. The quantitative estimate of drug-likeness (QED) is 0.386. The molecule has 1 heterocycles. The van der Waals surface area contributed by atoms with Crippen LogP contribution in [-0.4, -0.2) is 18.8 Å². The minimum Gasteiger partial charge on any atom is -0.348 e. The normalized spacial score (nSPS) is 19.3. The Morgan fingerprint density at radius 1 is 0.514 bits per heavy atom. The summed E-state index contributed by atoms with van der Waals surface area (Å²) in [6.07, 6.45) is 0. The van der Waals surface area contributed by atoms with Gasteiger partial charge in [0.1, 0.15) is 0 Å². The first-order valence-corrected chi connectivity index (χ1v) is 14.8. The molecule has 0 aromatic heterocycles. The van der Waals surface area contributed by atoms with Gasteiger partial charge in [-0.2, -0.15) is 0 Å². The van der Waals surface area contributed by atoms with E-state index in [1.807, 2.05) is 0 Å². The largest absolute Gasteiger partial charge is 0.348 e. The summed E-state index contributed by atoms with van der Waals surface area (Å²) in [5, 5.41) is 0. The summed E-state index contributed by atoms with van der Waals surface area (Å²) < 4.78 is 0.